The molecule has 0 aliphatic carbocycles. The predicted molar refractivity (Wildman–Crippen MR) is 165 cm³/mol. The number of carbonyl (C=O) groups excluding carboxylic acids is 1. The molecule has 3 aromatic heterocycles. The highest BCUT2D eigenvalue weighted by Gasteiger charge is 2.47. The zero-order chi connectivity index (χ0) is 31.2. The van der Waals surface area contributed by atoms with Crippen LogP contribution in [0.5, 0.6) is 0 Å². The summed E-state index contributed by atoms with van der Waals surface area (Å²) in [6.45, 7) is 0.975. The molecule has 5 N–H and O–H groups in total. The topological polar surface area (TPSA) is 159 Å². The minimum atomic E-state index is -1.49. The van der Waals surface area contributed by atoms with Crippen LogP contribution in [0.15, 0.2) is 91.5 Å². The van der Waals surface area contributed by atoms with E-state index in [9.17, 15) is 15.0 Å². The van der Waals surface area contributed by atoms with Crippen LogP contribution in [0.3, 0.4) is 0 Å². The van der Waals surface area contributed by atoms with E-state index >= 15 is 0 Å². The van der Waals surface area contributed by atoms with E-state index in [4.69, 9.17) is 16.1 Å². The second-order valence-electron chi connectivity index (χ2n) is 10.4. The quantitative estimate of drug-likeness (QED) is 0.154. The largest absolute Gasteiger partial charge is 0.387 e. The van der Waals surface area contributed by atoms with Gasteiger partial charge >= 0.3 is 0 Å². The van der Waals surface area contributed by atoms with Gasteiger partial charge in [-0.05, 0) is 29.7 Å². The zero-order valence-electron chi connectivity index (χ0n) is 24.8. The number of aliphatic hydroxyl groups is 2. The summed E-state index contributed by atoms with van der Waals surface area (Å²) in [4.78, 5) is 30.8. The molecule has 1 saturated heterocycles. The molecule has 1 fully saturated rings. The fraction of sp³-hybridized carbons (Fsp3) is 0.281. The van der Waals surface area contributed by atoms with Crippen LogP contribution in [0.2, 0.25) is 0 Å². The van der Waals surface area contributed by atoms with Crippen LogP contribution >= 0.6 is 0 Å². The van der Waals surface area contributed by atoms with Crippen molar-refractivity contribution in [2.45, 2.75) is 43.9 Å². The van der Waals surface area contributed by atoms with Crippen LogP contribution in [-0.2, 0) is 16.1 Å². The summed E-state index contributed by atoms with van der Waals surface area (Å²) in [7, 11) is 0. The van der Waals surface area contributed by atoms with Gasteiger partial charge in [-0.1, -0.05) is 66.7 Å². The standard InChI is InChI=1S/C32H34N8O4/c1-2-34-30(43)27-25(41)26(42)31(44-27)40-19-37-24-28(38-32(39-29(24)40)36-17-20-10-9-15-33-16-20)35-18-23(21-11-5-3-6-12-21)22-13-7-4-8-14-22/h3-16,19,23,25-27,31,41-42H,2,17-18H2,1H3,(H,34,43)(H2,35,36,38,39)/t25-,26+,27-,31?/m0/s1/i1D. The molecule has 1 amide bonds. The molecular formula is C32H34N8O4. The first kappa shape index (κ1) is 27.9. The van der Waals surface area contributed by atoms with Crippen LogP contribution in [0.4, 0.5) is 11.8 Å². The molecule has 1 unspecified atom stereocenters. The number of benzene rings is 2. The normalized spacial score (nSPS) is 20.0. The van der Waals surface area contributed by atoms with E-state index in [0.29, 0.717) is 36.0 Å². The van der Waals surface area contributed by atoms with Gasteiger partial charge in [0.1, 0.15) is 12.2 Å². The molecule has 12 heteroatoms. The number of carbonyl (C=O) groups is 1. The van der Waals surface area contributed by atoms with Gasteiger partial charge in [-0.2, -0.15) is 9.97 Å². The van der Waals surface area contributed by atoms with Gasteiger partial charge in [0.05, 0.1) is 6.33 Å². The van der Waals surface area contributed by atoms with E-state index in [1.165, 1.54) is 10.9 Å². The second-order valence-corrected chi connectivity index (χ2v) is 10.4. The van der Waals surface area contributed by atoms with Crippen molar-refractivity contribution in [1.82, 2.24) is 29.8 Å². The number of fused-ring (bicyclic) bond motifs is 1. The van der Waals surface area contributed by atoms with Crippen LogP contribution < -0.4 is 16.0 Å². The summed E-state index contributed by atoms with van der Waals surface area (Å²) in [5.74, 6) is 0.153. The lowest BCUT2D eigenvalue weighted by Gasteiger charge is -2.20. The second kappa shape index (κ2) is 13.2. The number of anilines is 2. The van der Waals surface area contributed by atoms with Crippen molar-refractivity contribution in [2.75, 3.05) is 23.7 Å². The third-order valence-corrected chi connectivity index (χ3v) is 7.54. The number of pyridine rings is 1. The smallest absolute Gasteiger partial charge is 0.252 e. The van der Waals surface area contributed by atoms with Crippen molar-refractivity contribution in [2.24, 2.45) is 0 Å². The molecular weight excluding hydrogens is 560 g/mol. The summed E-state index contributed by atoms with van der Waals surface area (Å²) in [5, 5.41) is 30.9. The maximum Gasteiger partial charge on any atom is 0.252 e. The van der Waals surface area contributed by atoms with Crippen LogP contribution in [-0.4, -0.2) is 72.0 Å². The summed E-state index contributed by atoms with van der Waals surface area (Å²) < 4.78 is 14.6. The number of nitrogens with one attached hydrogen (secondary N) is 3. The number of nitrogens with zero attached hydrogens (tertiary/aromatic N) is 5. The Labute approximate surface area is 255 Å². The average molecular weight is 596 g/mol. The minimum absolute atomic E-state index is 0.00410. The molecule has 4 atom stereocenters. The van der Waals surface area contributed by atoms with Crippen molar-refractivity contribution in [1.29, 1.82) is 0 Å². The number of aromatic nitrogens is 5. The molecule has 0 spiro atoms. The van der Waals surface area contributed by atoms with E-state index < -0.39 is 30.4 Å². The molecule has 2 aromatic carbocycles. The van der Waals surface area contributed by atoms with Gasteiger partial charge in [0, 0.05) is 39.3 Å². The highest BCUT2D eigenvalue weighted by molar-refractivity contribution is 5.85. The Morgan fingerprint density at radius 2 is 1.75 bits per heavy atom. The van der Waals surface area contributed by atoms with Gasteiger partial charge in [-0.25, -0.2) is 4.98 Å². The van der Waals surface area contributed by atoms with E-state index in [1.54, 1.807) is 12.4 Å². The Morgan fingerprint density at radius 1 is 1.00 bits per heavy atom. The third-order valence-electron chi connectivity index (χ3n) is 7.54. The molecule has 44 heavy (non-hydrogen) atoms. The molecule has 5 aromatic rings. The van der Waals surface area contributed by atoms with E-state index in [0.717, 1.165) is 16.7 Å². The van der Waals surface area contributed by atoms with Crippen molar-refractivity contribution in [3.8, 4) is 0 Å². The molecule has 0 radical (unpaired) electrons. The maximum atomic E-state index is 12.6. The first-order valence-corrected chi connectivity index (χ1v) is 14.3. The number of hydrogen-bond donors (Lipinski definition) is 5. The Kier molecular flexibility index (Phi) is 8.35. The highest BCUT2D eigenvalue weighted by atomic mass is 16.6. The minimum Gasteiger partial charge on any atom is -0.387 e. The summed E-state index contributed by atoms with van der Waals surface area (Å²) in [5.41, 5.74) is 3.95. The van der Waals surface area contributed by atoms with Crippen LogP contribution in [0.25, 0.3) is 11.2 Å². The lowest BCUT2D eigenvalue weighted by molar-refractivity contribution is -0.137. The van der Waals surface area contributed by atoms with Gasteiger partial charge in [0.15, 0.2) is 29.3 Å². The Bertz CT molecular complexity index is 1670. The molecule has 12 nitrogen and oxygen atoms in total. The number of amides is 1. The maximum absolute atomic E-state index is 12.6. The number of imidazole rings is 1. The number of likely N-dealkylation sites (N-methyl/N-ethyl adjacent to an activating group) is 1. The summed E-state index contributed by atoms with van der Waals surface area (Å²) >= 11 is 0. The third kappa shape index (κ3) is 6.09. The van der Waals surface area contributed by atoms with Crippen molar-refractivity contribution < 1.29 is 21.1 Å². The molecule has 6 rings (SSSR count). The summed E-state index contributed by atoms with van der Waals surface area (Å²) in [6, 6.07) is 24.2. The first-order chi connectivity index (χ1) is 22.0. The Hall–Kier alpha value is -4.91. The monoisotopic (exact) mass is 595 g/mol. The lowest BCUT2D eigenvalue weighted by Crippen LogP contribution is -2.42. The van der Waals surface area contributed by atoms with Gasteiger partial charge in [-0.15, -0.1) is 0 Å². The Balaban J connectivity index is 1.34. The molecule has 4 heterocycles. The van der Waals surface area contributed by atoms with E-state index in [-0.39, 0.29) is 19.4 Å². The van der Waals surface area contributed by atoms with Crippen molar-refractivity contribution in [3.05, 3.63) is 108 Å². The lowest BCUT2D eigenvalue weighted by atomic mass is 9.91. The highest BCUT2D eigenvalue weighted by Crippen LogP contribution is 2.34. The van der Waals surface area contributed by atoms with Crippen molar-refractivity contribution in [3.63, 3.8) is 0 Å². The van der Waals surface area contributed by atoms with E-state index in [1.807, 2.05) is 48.5 Å². The molecule has 1 aliphatic heterocycles. The van der Waals surface area contributed by atoms with Crippen LogP contribution in [0.1, 0.15) is 37.1 Å². The predicted octanol–water partition coefficient (Wildman–Crippen LogP) is 2.83. The SMILES string of the molecule is [2H]CCNC(=O)[C@H]1OC(n2cnc3c(NCC(c4ccccc4)c4ccccc4)nc(NCc4cccnc4)nc32)[C@H](O)[C@@H]1O. The van der Waals surface area contributed by atoms with Gasteiger partial charge < -0.3 is 30.9 Å². The van der Waals surface area contributed by atoms with Crippen molar-refractivity contribution >= 4 is 28.8 Å². The van der Waals surface area contributed by atoms with Gasteiger partial charge in [0.25, 0.3) is 5.91 Å². The fourth-order valence-corrected chi connectivity index (χ4v) is 5.32. The summed E-state index contributed by atoms with van der Waals surface area (Å²) in [6.07, 6.45) is -0.502. The fourth-order valence-electron chi connectivity index (χ4n) is 5.32. The van der Waals surface area contributed by atoms with Gasteiger partial charge in [0.2, 0.25) is 5.95 Å². The average Bonchev–Trinajstić information content (AvgIpc) is 3.64. The molecule has 1 aliphatic rings. The molecule has 0 saturated carbocycles. The molecule has 0 bridgehead atoms. The number of hydrogen-bond acceptors (Lipinski definition) is 10. The van der Waals surface area contributed by atoms with Gasteiger partial charge in [-0.3, -0.25) is 14.3 Å². The number of ether oxygens (including phenoxy) is 1. The van der Waals surface area contributed by atoms with Crippen LogP contribution in [0, 0.1) is 0 Å². The van der Waals surface area contributed by atoms with E-state index in [2.05, 4.69) is 50.2 Å². The molecule has 226 valence electrons. The number of aliphatic hydroxyl groups excluding tert-OH is 2. The Morgan fingerprint density at radius 3 is 2.43 bits per heavy atom. The first-order valence-electron chi connectivity index (χ1n) is 15.0. The number of rotatable bonds is 11. The zero-order valence-corrected chi connectivity index (χ0v) is 23.8.